The van der Waals surface area contributed by atoms with Gasteiger partial charge in [0.05, 0.1) is 25.0 Å². The highest BCUT2D eigenvalue weighted by atomic mass is 32.1. The van der Waals surface area contributed by atoms with E-state index in [1.807, 2.05) is 17.5 Å². The molecule has 0 aliphatic carbocycles. The van der Waals surface area contributed by atoms with E-state index in [2.05, 4.69) is 35.5 Å². The van der Waals surface area contributed by atoms with Crippen molar-refractivity contribution in [2.75, 3.05) is 19.8 Å². The van der Waals surface area contributed by atoms with Crippen LogP contribution in [0.15, 0.2) is 17.5 Å². The first-order valence-electron chi connectivity index (χ1n) is 8.66. The van der Waals surface area contributed by atoms with Crippen LogP contribution < -0.4 is 0 Å². The smallest absolute Gasteiger partial charge is 0.0897 e. The van der Waals surface area contributed by atoms with Crippen molar-refractivity contribution in [3.8, 4) is 0 Å². The molecule has 6 heteroatoms. The standard InChI is InChI=1S/C18H27N3O2S/c1-4-21-14(3)16(13(2)19-21)11-20-7-8-23-12-15(20)10-17(22)18-6-5-9-24-18/h5-6,9,15,17,22H,4,7-8,10-12H2,1-3H3. The molecule has 1 fully saturated rings. The summed E-state index contributed by atoms with van der Waals surface area (Å²) < 4.78 is 7.75. The summed E-state index contributed by atoms with van der Waals surface area (Å²) in [5.41, 5.74) is 3.67. The number of hydrogen-bond acceptors (Lipinski definition) is 5. The Balaban J connectivity index is 1.72. The van der Waals surface area contributed by atoms with Gasteiger partial charge in [0, 0.05) is 41.8 Å². The fraction of sp³-hybridized carbons (Fsp3) is 0.611. The van der Waals surface area contributed by atoms with Crippen LogP contribution in [-0.2, 0) is 17.8 Å². The molecule has 1 N–H and O–H groups in total. The number of aryl methyl sites for hydroxylation is 2. The summed E-state index contributed by atoms with van der Waals surface area (Å²) in [5.74, 6) is 0. The van der Waals surface area contributed by atoms with E-state index in [1.165, 1.54) is 11.3 Å². The van der Waals surface area contributed by atoms with E-state index in [0.717, 1.165) is 36.8 Å². The summed E-state index contributed by atoms with van der Waals surface area (Å²) in [4.78, 5) is 3.48. The summed E-state index contributed by atoms with van der Waals surface area (Å²) in [6.45, 7) is 10.5. The number of morpholine rings is 1. The number of aliphatic hydroxyl groups is 1. The van der Waals surface area contributed by atoms with Crippen molar-refractivity contribution < 1.29 is 9.84 Å². The Morgan fingerprint density at radius 1 is 1.46 bits per heavy atom. The summed E-state index contributed by atoms with van der Waals surface area (Å²) >= 11 is 1.61. The normalized spacial score (nSPS) is 20.4. The van der Waals surface area contributed by atoms with Crippen LogP contribution >= 0.6 is 11.3 Å². The Kier molecular flexibility index (Phi) is 5.71. The first-order chi connectivity index (χ1) is 11.6. The first kappa shape index (κ1) is 17.6. The SMILES string of the molecule is CCn1nc(C)c(CN2CCOCC2CC(O)c2cccs2)c1C. The van der Waals surface area contributed by atoms with Gasteiger partial charge in [-0.15, -0.1) is 11.3 Å². The Labute approximate surface area is 147 Å². The summed E-state index contributed by atoms with van der Waals surface area (Å²) in [5, 5.41) is 17.2. The third kappa shape index (κ3) is 3.72. The zero-order valence-electron chi connectivity index (χ0n) is 14.7. The second-order valence-electron chi connectivity index (χ2n) is 6.43. The molecule has 0 aromatic carbocycles. The molecule has 1 aliphatic rings. The van der Waals surface area contributed by atoms with Gasteiger partial charge in [0.25, 0.3) is 0 Å². The van der Waals surface area contributed by atoms with Gasteiger partial charge in [-0.1, -0.05) is 6.07 Å². The molecular formula is C18H27N3O2S. The van der Waals surface area contributed by atoms with Crippen molar-refractivity contribution in [1.82, 2.24) is 14.7 Å². The fourth-order valence-corrected chi connectivity index (χ4v) is 4.17. The molecule has 0 amide bonds. The molecule has 0 saturated carbocycles. The van der Waals surface area contributed by atoms with Gasteiger partial charge in [-0.05, 0) is 38.6 Å². The average molecular weight is 350 g/mol. The van der Waals surface area contributed by atoms with Crippen LogP contribution in [-0.4, -0.2) is 45.6 Å². The summed E-state index contributed by atoms with van der Waals surface area (Å²) in [7, 11) is 0. The van der Waals surface area contributed by atoms with E-state index in [9.17, 15) is 5.11 Å². The molecule has 3 rings (SSSR count). The highest BCUT2D eigenvalue weighted by molar-refractivity contribution is 7.10. The molecule has 2 aromatic rings. The van der Waals surface area contributed by atoms with Crippen molar-refractivity contribution >= 4 is 11.3 Å². The van der Waals surface area contributed by atoms with E-state index in [1.54, 1.807) is 11.3 Å². The molecule has 5 nitrogen and oxygen atoms in total. The molecule has 2 aromatic heterocycles. The van der Waals surface area contributed by atoms with Gasteiger partial charge in [0.15, 0.2) is 0 Å². The lowest BCUT2D eigenvalue weighted by molar-refractivity contribution is -0.0297. The second kappa shape index (κ2) is 7.78. The minimum atomic E-state index is -0.417. The maximum absolute atomic E-state index is 10.5. The Morgan fingerprint density at radius 3 is 2.96 bits per heavy atom. The monoisotopic (exact) mass is 349 g/mol. The maximum atomic E-state index is 10.5. The topological polar surface area (TPSA) is 50.5 Å². The van der Waals surface area contributed by atoms with Crippen LogP contribution in [0.25, 0.3) is 0 Å². The summed E-state index contributed by atoms with van der Waals surface area (Å²) in [6, 6.07) is 4.23. The molecule has 2 unspecified atom stereocenters. The molecule has 0 spiro atoms. The van der Waals surface area contributed by atoms with Crippen molar-refractivity contribution in [2.45, 2.75) is 52.4 Å². The zero-order valence-corrected chi connectivity index (χ0v) is 15.6. The Hall–Kier alpha value is -1.21. The third-order valence-electron chi connectivity index (χ3n) is 4.91. The van der Waals surface area contributed by atoms with Gasteiger partial charge in [-0.25, -0.2) is 0 Å². The number of hydrogen-bond donors (Lipinski definition) is 1. The first-order valence-corrected chi connectivity index (χ1v) is 9.54. The Bertz CT molecular complexity index is 654. The van der Waals surface area contributed by atoms with Crippen LogP contribution in [0.1, 0.15) is 41.3 Å². The third-order valence-corrected chi connectivity index (χ3v) is 5.88. The Morgan fingerprint density at radius 2 is 2.29 bits per heavy atom. The molecule has 0 radical (unpaired) electrons. The second-order valence-corrected chi connectivity index (χ2v) is 7.41. The van der Waals surface area contributed by atoms with Crippen LogP contribution in [0.2, 0.25) is 0 Å². The van der Waals surface area contributed by atoms with Crippen LogP contribution in [0.4, 0.5) is 0 Å². The quantitative estimate of drug-likeness (QED) is 0.871. The molecule has 24 heavy (non-hydrogen) atoms. The lowest BCUT2D eigenvalue weighted by Gasteiger charge is -2.36. The minimum absolute atomic E-state index is 0.236. The van der Waals surface area contributed by atoms with Crippen molar-refractivity contribution in [1.29, 1.82) is 0 Å². The predicted octanol–water partition coefficient (Wildman–Crippen LogP) is 2.91. The van der Waals surface area contributed by atoms with E-state index in [0.29, 0.717) is 13.0 Å². The van der Waals surface area contributed by atoms with Crippen molar-refractivity contribution in [2.24, 2.45) is 0 Å². The molecule has 1 aliphatic heterocycles. The lowest BCUT2D eigenvalue weighted by Crippen LogP contribution is -2.45. The number of ether oxygens (including phenoxy) is 1. The lowest BCUT2D eigenvalue weighted by atomic mass is 10.0. The molecule has 1 saturated heterocycles. The summed E-state index contributed by atoms with van der Waals surface area (Å²) in [6.07, 6.45) is 0.292. The number of rotatable bonds is 6. The van der Waals surface area contributed by atoms with Gasteiger partial charge in [0.2, 0.25) is 0 Å². The van der Waals surface area contributed by atoms with Crippen LogP contribution in [0.3, 0.4) is 0 Å². The molecule has 2 atom stereocenters. The van der Waals surface area contributed by atoms with Crippen LogP contribution in [0, 0.1) is 13.8 Å². The fourth-order valence-electron chi connectivity index (χ4n) is 3.44. The minimum Gasteiger partial charge on any atom is -0.388 e. The highest BCUT2D eigenvalue weighted by Gasteiger charge is 2.27. The van der Waals surface area contributed by atoms with Crippen molar-refractivity contribution in [3.63, 3.8) is 0 Å². The van der Waals surface area contributed by atoms with Gasteiger partial charge >= 0.3 is 0 Å². The van der Waals surface area contributed by atoms with Crippen LogP contribution in [0.5, 0.6) is 0 Å². The largest absolute Gasteiger partial charge is 0.388 e. The number of thiophene rings is 1. The van der Waals surface area contributed by atoms with Gasteiger partial charge in [0.1, 0.15) is 0 Å². The molecule has 0 bridgehead atoms. The zero-order chi connectivity index (χ0) is 17.1. The average Bonchev–Trinajstić information content (AvgIpc) is 3.20. The van der Waals surface area contributed by atoms with Gasteiger partial charge in [-0.2, -0.15) is 5.10 Å². The molecule has 3 heterocycles. The van der Waals surface area contributed by atoms with Gasteiger partial charge < -0.3 is 9.84 Å². The number of aliphatic hydroxyl groups excluding tert-OH is 1. The van der Waals surface area contributed by atoms with E-state index in [4.69, 9.17) is 4.74 Å². The number of nitrogens with zero attached hydrogens (tertiary/aromatic N) is 3. The maximum Gasteiger partial charge on any atom is 0.0897 e. The predicted molar refractivity (Wildman–Crippen MR) is 96.3 cm³/mol. The van der Waals surface area contributed by atoms with E-state index >= 15 is 0 Å². The molecular weight excluding hydrogens is 322 g/mol. The highest BCUT2D eigenvalue weighted by Crippen LogP contribution is 2.27. The molecule has 132 valence electrons. The van der Waals surface area contributed by atoms with Gasteiger partial charge in [-0.3, -0.25) is 9.58 Å². The number of aromatic nitrogens is 2. The van der Waals surface area contributed by atoms with E-state index < -0.39 is 6.10 Å². The van der Waals surface area contributed by atoms with E-state index in [-0.39, 0.29) is 6.04 Å². The van der Waals surface area contributed by atoms with Crippen molar-refractivity contribution in [3.05, 3.63) is 39.3 Å².